The number of benzene rings is 2. The van der Waals surface area contributed by atoms with Gasteiger partial charge in [-0.1, -0.05) is 15.9 Å². The van der Waals surface area contributed by atoms with Gasteiger partial charge in [-0.15, -0.1) is 0 Å². The molecule has 0 aliphatic carbocycles. The van der Waals surface area contributed by atoms with Crippen LogP contribution in [0.4, 0.5) is 0 Å². The van der Waals surface area contributed by atoms with E-state index in [1.807, 2.05) is 24.3 Å². The van der Waals surface area contributed by atoms with E-state index < -0.39 is 0 Å². The van der Waals surface area contributed by atoms with E-state index in [4.69, 9.17) is 4.74 Å². The Morgan fingerprint density at radius 3 is 1.95 bits per heavy atom. The van der Waals surface area contributed by atoms with E-state index in [2.05, 4.69) is 25.9 Å². The first kappa shape index (κ1) is 14.4. The zero-order valence-corrected chi connectivity index (χ0v) is 13.0. The monoisotopic (exact) mass is 354 g/mol. The first-order valence-corrected chi connectivity index (χ1v) is 7.35. The lowest BCUT2D eigenvalue weighted by Gasteiger charge is -2.06. The van der Waals surface area contributed by atoms with Gasteiger partial charge in [0.2, 0.25) is 0 Å². The summed E-state index contributed by atoms with van der Waals surface area (Å²) in [7, 11) is 0. The Hall–Kier alpha value is -2.53. The van der Waals surface area contributed by atoms with Gasteiger partial charge in [0, 0.05) is 22.4 Å². The molecule has 0 aliphatic rings. The van der Waals surface area contributed by atoms with E-state index >= 15 is 0 Å². The molecule has 108 valence electrons. The van der Waals surface area contributed by atoms with Crippen molar-refractivity contribution in [3.63, 3.8) is 0 Å². The van der Waals surface area contributed by atoms with Crippen molar-refractivity contribution in [2.24, 2.45) is 0 Å². The molecule has 5 heteroatoms. The Kier molecular flexibility index (Phi) is 4.25. The van der Waals surface area contributed by atoms with Crippen molar-refractivity contribution >= 4 is 21.7 Å². The molecule has 0 N–H and O–H groups in total. The van der Waals surface area contributed by atoms with Gasteiger partial charge in [0.05, 0.1) is 5.56 Å². The van der Waals surface area contributed by atoms with Gasteiger partial charge < -0.3 is 4.74 Å². The maximum Gasteiger partial charge on any atom is 0.196 e. The number of aromatic nitrogens is 2. The fourth-order valence-electron chi connectivity index (χ4n) is 1.90. The molecule has 1 heterocycles. The average molecular weight is 355 g/mol. The van der Waals surface area contributed by atoms with Gasteiger partial charge >= 0.3 is 0 Å². The van der Waals surface area contributed by atoms with Gasteiger partial charge in [-0.05, 0) is 48.5 Å². The van der Waals surface area contributed by atoms with E-state index in [-0.39, 0.29) is 5.78 Å². The molecule has 0 saturated heterocycles. The smallest absolute Gasteiger partial charge is 0.196 e. The Morgan fingerprint density at radius 2 is 1.36 bits per heavy atom. The second-order valence-corrected chi connectivity index (χ2v) is 5.45. The Labute approximate surface area is 135 Å². The fourth-order valence-corrected chi connectivity index (χ4v) is 2.16. The van der Waals surface area contributed by atoms with Crippen LogP contribution in [0.3, 0.4) is 0 Å². The molecule has 0 saturated carbocycles. The van der Waals surface area contributed by atoms with Crippen molar-refractivity contribution in [1.82, 2.24) is 9.97 Å². The van der Waals surface area contributed by atoms with Crippen LogP contribution >= 0.6 is 15.9 Å². The van der Waals surface area contributed by atoms with Crippen LogP contribution in [-0.2, 0) is 0 Å². The third-order valence-electron chi connectivity index (χ3n) is 2.99. The molecule has 0 radical (unpaired) electrons. The molecule has 2 aromatic carbocycles. The van der Waals surface area contributed by atoms with E-state index in [1.54, 1.807) is 24.3 Å². The van der Waals surface area contributed by atoms with Crippen LogP contribution in [0.15, 0.2) is 71.7 Å². The predicted molar refractivity (Wildman–Crippen MR) is 86.1 cm³/mol. The van der Waals surface area contributed by atoms with Crippen molar-refractivity contribution in [1.29, 1.82) is 0 Å². The molecule has 0 fully saturated rings. The number of hydrogen-bond donors (Lipinski definition) is 0. The summed E-state index contributed by atoms with van der Waals surface area (Å²) in [6, 6.07) is 14.5. The van der Waals surface area contributed by atoms with Gasteiger partial charge in [-0.25, -0.2) is 9.97 Å². The maximum atomic E-state index is 12.2. The largest absolute Gasteiger partial charge is 0.457 e. The molecule has 0 spiro atoms. The zero-order chi connectivity index (χ0) is 15.4. The Morgan fingerprint density at radius 1 is 0.818 bits per heavy atom. The van der Waals surface area contributed by atoms with E-state index in [9.17, 15) is 4.79 Å². The van der Waals surface area contributed by atoms with E-state index in [0.717, 1.165) is 10.2 Å². The Balaban J connectivity index is 1.75. The third kappa shape index (κ3) is 3.38. The number of ether oxygens (including phenoxy) is 1. The van der Waals surface area contributed by atoms with Crippen LogP contribution in [0.5, 0.6) is 11.5 Å². The van der Waals surface area contributed by atoms with Crippen LogP contribution in [0.25, 0.3) is 0 Å². The van der Waals surface area contributed by atoms with Crippen LogP contribution in [0, 0.1) is 0 Å². The average Bonchev–Trinajstić information content (AvgIpc) is 2.58. The van der Waals surface area contributed by atoms with Crippen molar-refractivity contribution < 1.29 is 9.53 Å². The van der Waals surface area contributed by atoms with Gasteiger partial charge in [0.15, 0.2) is 5.78 Å². The second kappa shape index (κ2) is 6.49. The molecule has 0 bridgehead atoms. The second-order valence-electron chi connectivity index (χ2n) is 4.54. The summed E-state index contributed by atoms with van der Waals surface area (Å²) in [5.74, 6) is 1.29. The van der Waals surface area contributed by atoms with Crippen LogP contribution in [-0.4, -0.2) is 15.8 Å². The molecular formula is C17H11BrN2O2. The summed E-state index contributed by atoms with van der Waals surface area (Å²) in [4.78, 5) is 19.9. The van der Waals surface area contributed by atoms with Crippen molar-refractivity contribution in [2.75, 3.05) is 0 Å². The van der Waals surface area contributed by atoms with E-state index in [1.165, 1.54) is 18.7 Å². The lowest BCUT2D eigenvalue weighted by atomic mass is 10.1. The minimum atomic E-state index is -0.115. The van der Waals surface area contributed by atoms with E-state index in [0.29, 0.717) is 16.9 Å². The third-order valence-corrected chi connectivity index (χ3v) is 3.52. The highest BCUT2D eigenvalue weighted by molar-refractivity contribution is 9.10. The molecule has 0 unspecified atom stereocenters. The lowest BCUT2D eigenvalue weighted by molar-refractivity contribution is 0.103. The van der Waals surface area contributed by atoms with Crippen LogP contribution in [0.1, 0.15) is 15.9 Å². The molecular weight excluding hydrogens is 344 g/mol. The lowest BCUT2D eigenvalue weighted by Crippen LogP contribution is -2.02. The highest BCUT2D eigenvalue weighted by Gasteiger charge is 2.09. The van der Waals surface area contributed by atoms with Gasteiger partial charge in [0.25, 0.3) is 0 Å². The van der Waals surface area contributed by atoms with Crippen LogP contribution < -0.4 is 4.74 Å². The standard InChI is InChI=1S/C17H11BrN2O2/c18-14-3-7-16(8-4-14)22-15-5-1-12(2-6-15)17(21)13-9-19-11-20-10-13/h1-11H. The minimum absolute atomic E-state index is 0.115. The molecule has 0 atom stereocenters. The summed E-state index contributed by atoms with van der Waals surface area (Å²) in [6.45, 7) is 0. The summed E-state index contributed by atoms with van der Waals surface area (Å²) in [5, 5.41) is 0. The highest BCUT2D eigenvalue weighted by Crippen LogP contribution is 2.23. The summed E-state index contributed by atoms with van der Waals surface area (Å²) in [5.41, 5.74) is 1.03. The normalized spacial score (nSPS) is 10.2. The molecule has 4 nitrogen and oxygen atoms in total. The van der Waals surface area contributed by atoms with Crippen molar-refractivity contribution in [3.8, 4) is 11.5 Å². The van der Waals surface area contributed by atoms with Gasteiger partial charge in [-0.3, -0.25) is 4.79 Å². The SMILES string of the molecule is O=C(c1ccc(Oc2ccc(Br)cc2)cc1)c1cncnc1. The summed E-state index contributed by atoms with van der Waals surface area (Å²) < 4.78 is 6.71. The molecule has 1 aromatic heterocycles. The molecule has 3 rings (SSSR count). The summed E-state index contributed by atoms with van der Waals surface area (Å²) >= 11 is 3.38. The molecule has 3 aromatic rings. The van der Waals surface area contributed by atoms with Crippen molar-refractivity contribution in [2.45, 2.75) is 0 Å². The molecule has 0 aliphatic heterocycles. The quantitative estimate of drug-likeness (QED) is 0.656. The fraction of sp³-hybridized carbons (Fsp3) is 0. The number of halogens is 1. The Bertz CT molecular complexity index is 772. The minimum Gasteiger partial charge on any atom is -0.457 e. The van der Waals surface area contributed by atoms with Gasteiger partial charge in [0.1, 0.15) is 17.8 Å². The first-order valence-electron chi connectivity index (χ1n) is 6.55. The van der Waals surface area contributed by atoms with Crippen molar-refractivity contribution in [3.05, 3.63) is 82.9 Å². The van der Waals surface area contributed by atoms with Crippen LogP contribution in [0.2, 0.25) is 0 Å². The summed E-state index contributed by atoms with van der Waals surface area (Å²) in [6.07, 6.45) is 4.40. The highest BCUT2D eigenvalue weighted by atomic mass is 79.9. The number of nitrogens with zero attached hydrogens (tertiary/aromatic N) is 2. The maximum absolute atomic E-state index is 12.2. The topological polar surface area (TPSA) is 52.1 Å². The van der Waals surface area contributed by atoms with Gasteiger partial charge in [-0.2, -0.15) is 0 Å². The number of carbonyl (C=O) groups is 1. The molecule has 0 amide bonds. The predicted octanol–water partition coefficient (Wildman–Crippen LogP) is 4.26. The molecule has 22 heavy (non-hydrogen) atoms. The number of carbonyl (C=O) groups excluding carboxylic acids is 1. The first-order chi connectivity index (χ1) is 10.7. The number of ketones is 1. The number of hydrogen-bond acceptors (Lipinski definition) is 4. The number of rotatable bonds is 4. The zero-order valence-electron chi connectivity index (χ0n) is 11.4.